The number of ether oxygens (including phenoxy) is 1. The Morgan fingerprint density at radius 2 is 1.68 bits per heavy atom. The lowest BCUT2D eigenvalue weighted by molar-refractivity contribution is -0.139. The fourth-order valence-electron chi connectivity index (χ4n) is 8.98. The molecule has 3 heterocycles. The van der Waals surface area contributed by atoms with Crippen LogP contribution >= 0.6 is 45.8 Å². The third-order valence-corrected chi connectivity index (χ3v) is 12.5. The molecule has 6 atom stereocenters. The Balaban J connectivity index is 1.32. The number of amides is 4. The quantitative estimate of drug-likeness (QED) is 0.108. The molecule has 1 aromatic heterocycles. The molecule has 1 saturated carbocycles. The van der Waals surface area contributed by atoms with E-state index in [2.05, 4.69) is 33.0 Å². The first kappa shape index (κ1) is 38.2. The molecule has 3 aromatic carbocycles. The molecule has 0 radical (unpaired) electrons. The van der Waals surface area contributed by atoms with Crippen LogP contribution in [0.2, 0.25) is 10.0 Å². The van der Waals surface area contributed by atoms with Gasteiger partial charge in [-0.05, 0) is 114 Å². The van der Waals surface area contributed by atoms with Gasteiger partial charge in [-0.1, -0.05) is 53.1 Å². The van der Waals surface area contributed by atoms with Crippen LogP contribution < -0.4 is 15.1 Å². The van der Waals surface area contributed by atoms with Crippen LogP contribution in [0, 0.1) is 27.2 Å². The number of allylic oxidation sites excluding steroid dienone is 2. The molecule has 56 heavy (non-hydrogen) atoms. The van der Waals surface area contributed by atoms with Gasteiger partial charge in [-0.25, -0.2) is 4.98 Å². The average Bonchev–Trinajstić information content (AvgIpc) is 3.54. The number of hydrogen-bond acceptors (Lipinski definition) is 8. The third kappa shape index (κ3) is 5.94. The van der Waals surface area contributed by atoms with Gasteiger partial charge in [0.1, 0.15) is 0 Å². The number of nitrogens with zero attached hydrogens (tertiary/aromatic N) is 3. The van der Waals surface area contributed by atoms with Crippen molar-refractivity contribution in [3.05, 3.63) is 121 Å². The predicted octanol–water partition coefficient (Wildman–Crippen LogP) is 8.31. The number of fused-ring (bicyclic) bond motifs is 4. The van der Waals surface area contributed by atoms with Gasteiger partial charge >= 0.3 is 6.18 Å². The number of aromatic hydroxyl groups is 1. The number of halogens is 6. The summed E-state index contributed by atoms with van der Waals surface area (Å²) in [5, 5.41) is 11.4. The topological polar surface area (TPSA) is 129 Å². The molecular formula is C40H30Cl2F3IN4O6. The lowest BCUT2D eigenvalue weighted by Gasteiger charge is -2.50. The van der Waals surface area contributed by atoms with Crippen molar-refractivity contribution in [2.24, 2.45) is 23.7 Å². The van der Waals surface area contributed by atoms with E-state index in [0.717, 1.165) is 8.58 Å². The maximum atomic E-state index is 15.4. The number of phenols is 1. The van der Waals surface area contributed by atoms with Crippen LogP contribution in [0.4, 0.5) is 24.7 Å². The molecule has 16 heteroatoms. The number of pyridine rings is 1. The highest BCUT2D eigenvalue weighted by Crippen LogP contribution is 2.64. The normalized spacial score (nSPS) is 25.8. The van der Waals surface area contributed by atoms with E-state index in [-0.39, 0.29) is 42.7 Å². The highest BCUT2D eigenvalue weighted by Gasteiger charge is 2.70. The number of anilines is 2. The highest BCUT2D eigenvalue weighted by molar-refractivity contribution is 14.1. The van der Waals surface area contributed by atoms with E-state index in [1.54, 1.807) is 67.6 Å². The third-order valence-electron chi connectivity index (χ3n) is 11.3. The van der Waals surface area contributed by atoms with Crippen LogP contribution in [0.1, 0.15) is 42.4 Å². The number of phenolic OH excluding ortho intramolecular Hbond substituents is 1. The zero-order chi connectivity index (χ0) is 39.8. The molecule has 6 unspecified atom stereocenters. The molecule has 2 N–H and O–H groups in total. The van der Waals surface area contributed by atoms with Crippen molar-refractivity contribution in [2.75, 3.05) is 16.9 Å². The Kier molecular flexibility index (Phi) is 9.60. The van der Waals surface area contributed by atoms with E-state index in [4.69, 9.17) is 27.9 Å². The first-order valence-corrected chi connectivity index (χ1v) is 19.4. The molecule has 3 fully saturated rings. The minimum Gasteiger partial charge on any atom is -0.504 e. The summed E-state index contributed by atoms with van der Waals surface area (Å²) in [6.07, 6.45) is -2.21. The lowest BCUT2D eigenvalue weighted by Crippen LogP contribution is -2.53. The summed E-state index contributed by atoms with van der Waals surface area (Å²) in [6, 6.07) is 18.7. The number of alkyl halides is 3. The number of benzene rings is 3. The van der Waals surface area contributed by atoms with Crippen LogP contribution in [-0.4, -0.2) is 45.3 Å². The zero-order valence-corrected chi connectivity index (χ0v) is 32.9. The van der Waals surface area contributed by atoms with Crippen molar-refractivity contribution in [3.63, 3.8) is 0 Å². The van der Waals surface area contributed by atoms with Gasteiger partial charge in [-0.3, -0.25) is 29.5 Å². The van der Waals surface area contributed by atoms with Crippen LogP contribution in [0.5, 0.6) is 11.5 Å². The summed E-state index contributed by atoms with van der Waals surface area (Å²) in [5.41, 5.74) is 1.68. The van der Waals surface area contributed by atoms with E-state index in [1.807, 2.05) is 6.08 Å². The average molecular weight is 918 g/mol. The summed E-state index contributed by atoms with van der Waals surface area (Å²) in [7, 11) is 0. The molecule has 0 bridgehead atoms. The van der Waals surface area contributed by atoms with Gasteiger partial charge in [0.25, 0.3) is 11.8 Å². The monoisotopic (exact) mass is 916 g/mol. The summed E-state index contributed by atoms with van der Waals surface area (Å²) in [5.74, 6) is -7.23. The standard InChI is InChI=1S/C40H30Cl2F3IN4O6/c1-2-56-31-15-19(3-14-30(31)51)33-25-12-13-26-32(37(54)49(35(26)52)24-10-8-23(46)9-11-24)27(25)17-28-36(53)50(38(55)39(28,33)20-4-6-22(41)7-5-20)48-34-29(42)16-21(18-47-34)40(43,44)45/h3-12,14-16,18,26-28,32-33,51H,2,13,17H2,1H3,(H,47,48). The molecule has 10 nitrogen and oxygen atoms in total. The predicted molar refractivity (Wildman–Crippen MR) is 208 cm³/mol. The molecule has 4 aromatic rings. The fourth-order valence-corrected chi connectivity index (χ4v) is 9.68. The molecular weight excluding hydrogens is 887 g/mol. The van der Waals surface area contributed by atoms with Crippen LogP contribution in [0.25, 0.3) is 0 Å². The number of imide groups is 2. The van der Waals surface area contributed by atoms with Gasteiger partial charge in [-0.2, -0.15) is 18.2 Å². The van der Waals surface area contributed by atoms with Crippen molar-refractivity contribution in [3.8, 4) is 11.5 Å². The molecule has 2 aliphatic heterocycles. The molecule has 8 rings (SSSR count). The van der Waals surface area contributed by atoms with Crippen molar-refractivity contribution in [1.82, 2.24) is 9.99 Å². The molecule has 288 valence electrons. The van der Waals surface area contributed by atoms with E-state index in [9.17, 15) is 32.7 Å². The number of carbonyl (C=O) groups excluding carboxylic acids is 4. The van der Waals surface area contributed by atoms with Crippen molar-refractivity contribution >= 4 is 80.9 Å². The summed E-state index contributed by atoms with van der Waals surface area (Å²) >= 11 is 14.7. The second kappa shape index (κ2) is 14.1. The van der Waals surface area contributed by atoms with Crippen molar-refractivity contribution in [1.29, 1.82) is 0 Å². The number of carbonyl (C=O) groups is 4. The fraction of sp³-hybridized carbons (Fsp3) is 0.275. The van der Waals surface area contributed by atoms with E-state index >= 15 is 4.79 Å². The van der Waals surface area contributed by atoms with Gasteiger partial charge in [0, 0.05) is 20.7 Å². The molecule has 2 aliphatic carbocycles. The second-order valence-electron chi connectivity index (χ2n) is 14.1. The van der Waals surface area contributed by atoms with E-state index < -0.39 is 69.5 Å². The van der Waals surface area contributed by atoms with Gasteiger partial charge in [-0.15, -0.1) is 0 Å². The Bertz CT molecular complexity index is 2340. The van der Waals surface area contributed by atoms with Crippen LogP contribution in [0.3, 0.4) is 0 Å². The maximum Gasteiger partial charge on any atom is 0.417 e. The van der Waals surface area contributed by atoms with E-state index in [1.165, 1.54) is 11.0 Å². The first-order chi connectivity index (χ1) is 26.7. The SMILES string of the molecule is CCOc1cc(C2C3=CCC4C(=O)N(c5ccc(I)cc5)C(=O)C4C3CC3C(=O)N(Nc4ncc(C(F)(F)F)cc4Cl)C(=O)C32c2ccc(Cl)cc2)ccc1O. The Hall–Kier alpha value is -4.67. The van der Waals surface area contributed by atoms with Gasteiger partial charge < -0.3 is 9.84 Å². The largest absolute Gasteiger partial charge is 0.504 e. The summed E-state index contributed by atoms with van der Waals surface area (Å²) in [6.45, 7) is 1.94. The maximum absolute atomic E-state index is 15.4. The zero-order valence-electron chi connectivity index (χ0n) is 29.2. The van der Waals surface area contributed by atoms with Gasteiger partial charge in [0.2, 0.25) is 11.8 Å². The summed E-state index contributed by atoms with van der Waals surface area (Å²) < 4.78 is 47.2. The van der Waals surface area contributed by atoms with E-state index in [0.29, 0.717) is 39.7 Å². The minimum absolute atomic E-state index is 0.0427. The Morgan fingerprint density at radius 3 is 2.34 bits per heavy atom. The van der Waals surface area contributed by atoms with Crippen molar-refractivity contribution < 1.29 is 42.2 Å². The molecule has 0 spiro atoms. The van der Waals surface area contributed by atoms with Gasteiger partial charge in [0.15, 0.2) is 17.3 Å². The van der Waals surface area contributed by atoms with Gasteiger partial charge in [0.05, 0.1) is 46.0 Å². The number of hydrogen-bond donors (Lipinski definition) is 2. The molecule has 4 aliphatic rings. The smallest absolute Gasteiger partial charge is 0.417 e. The number of rotatable bonds is 7. The molecule has 4 amide bonds. The van der Waals surface area contributed by atoms with Crippen LogP contribution in [-0.2, 0) is 30.8 Å². The Labute approximate surface area is 341 Å². The lowest BCUT2D eigenvalue weighted by atomic mass is 9.49. The second-order valence-corrected chi connectivity index (χ2v) is 16.2. The van der Waals surface area contributed by atoms with Crippen LogP contribution in [0.15, 0.2) is 90.6 Å². The number of aromatic nitrogens is 1. The number of hydrazine groups is 1. The number of nitrogens with one attached hydrogen (secondary N) is 1. The Morgan fingerprint density at radius 1 is 0.964 bits per heavy atom. The highest BCUT2D eigenvalue weighted by atomic mass is 127. The molecule has 2 saturated heterocycles. The first-order valence-electron chi connectivity index (χ1n) is 17.6. The van der Waals surface area contributed by atoms with Crippen molar-refractivity contribution in [2.45, 2.75) is 37.3 Å². The minimum atomic E-state index is -4.75. The summed E-state index contributed by atoms with van der Waals surface area (Å²) in [4.78, 5) is 63.8.